The Kier molecular flexibility index (Phi) is 10.4. The molecule has 0 radical (unpaired) electrons. The number of aryl methyl sites for hydroxylation is 1. The van der Waals surface area contributed by atoms with Crippen molar-refractivity contribution in [3.63, 3.8) is 0 Å². The van der Waals surface area contributed by atoms with E-state index in [1.54, 1.807) is 14.2 Å². The average Bonchev–Trinajstić information content (AvgIpc) is 2.69. The van der Waals surface area contributed by atoms with Crippen molar-refractivity contribution < 1.29 is 9.53 Å². The highest BCUT2D eigenvalue weighted by molar-refractivity contribution is 14.0. The third-order valence-corrected chi connectivity index (χ3v) is 4.10. The van der Waals surface area contributed by atoms with Gasteiger partial charge in [-0.05, 0) is 43.2 Å². The van der Waals surface area contributed by atoms with Crippen molar-refractivity contribution in [3.05, 3.63) is 64.7 Å². The Bertz CT molecular complexity index is 809. The van der Waals surface area contributed by atoms with Crippen LogP contribution in [0.2, 0.25) is 0 Å². The third-order valence-electron chi connectivity index (χ3n) is 4.10. The second-order valence-corrected chi connectivity index (χ2v) is 6.15. The number of methoxy groups -OCH3 is 1. The Morgan fingerprint density at radius 3 is 2.50 bits per heavy atom. The largest absolute Gasteiger partial charge is 0.496 e. The lowest BCUT2D eigenvalue weighted by Crippen LogP contribution is -2.36. The van der Waals surface area contributed by atoms with Gasteiger partial charge in [0.15, 0.2) is 5.96 Å². The molecule has 0 aliphatic carbocycles. The number of rotatable bonds is 7. The fraction of sp³-hybridized carbons (Fsp3) is 0.333. The number of amides is 1. The number of carbonyl (C=O) groups is 1. The van der Waals surface area contributed by atoms with E-state index in [1.807, 2.05) is 50.2 Å². The highest BCUT2D eigenvalue weighted by Crippen LogP contribution is 2.19. The second-order valence-electron chi connectivity index (χ2n) is 6.15. The molecule has 2 rings (SSSR count). The van der Waals surface area contributed by atoms with Gasteiger partial charge in [-0.25, -0.2) is 0 Å². The van der Waals surface area contributed by atoms with E-state index in [0.717, 1.165) is 22.4 Å². The summed E-state index contributed by atoms with van der Waals surface area (Å²) in [4.78, 5) is 16.2. The minimum absolute atomic E-state index is 0. The van der Waals surface area contributed by atoms with E-state index in [4.69, 9.17) is 4.74 Å². The van der Waals surface area contributed by atoms with Crippen LogP contribution in [0.25, 0.3) is 0 Å². The van der Waals surface area contributed by atoms with Crippen molar-refractivity contribution in [2.24, 2.45) is 4.99 Å². The third kappa shape index (κ3) is 7.03. The Morgan fingerprint density at radius 2 is 1.82 bits per heavy atom. The molecule has 0 aliphatic rings. The molecule has 7 heteroatoms. The van der Waals surface area contributed by atoms with Crippen LogP contribution in [0, 0.1) is 6.92 Å². The van der Waals surface area contributed by atoms with E-state index in [2.05, 4.69) is 27.0 Å². The van der Waals surface area contributed by atoms with Gasteiger partial charge >= 0.3 is 0 Å². The molecule has 0 fully saturated rings. The quantitative estimate of drug-likeness (QED) is 0.313. The number of guanidine groups is 1. The number of hydrogen-bond acceptors (Lipinski definition) is 3. The molecule has 28 heavy (non-hydrogen) atoms. The molecular formula is C21H29IN4O2. The molecule has 0 unspecified atom stereocenters. The molecule has 1 amide bonds. The van der Waals surface area contributed by atoms with Crippen molar-refractivity contribution in [3.8, 4) is 5.75 Å². The van der Waals surface area contributed by atoms with Crippen molar-refractivity contribution in [1.29, 1.82) is 0 Å². The summed E-state index contributed by atoms with van der Waals surface area (Å²) < 4.78 is 5.44. The fourth-order valence-electron chi connectivity index (χ4n) is 2.67. The van der Waals surface area contributed by atoms with E-state index >= 15 is 0 Å². The molecule has 152 valence electrons. The predicted molar refractivity (Wildman–Crippen MR) is 125 cm³/mol. The van der Waals surface area contributed by atoms with Crippen molar-refractivity contribution in [1.82, 2.24) is 16.0 Å². The number of hydrogen-bond donors (Lipinski definition) is 3. The molecule has 2 aromatic rings. The Balaban J connectivity index is 0.00000392. The zero-order chi connectivity index (χ0) is 19.6. The molecular weight excluding hydrogens is 467 g/mol. The number of nitrogens with zero attached hydrogens (tertiary/aromatic N) is 1. The van der Waals surface area contributed by atoms with Gasteiger partial charge in [0, 0.05) is 37.8 Å². The molecule has 0 heterocycles. The van der Waals surface area contributed by atoms with Crippen molar-refractivity contribution in [2.75, 3.05) is 20.7 Å². The van der Waals surface area contributed by atoms with Crippen LogP contribution in [0.5, 0.6) is 5.75 Å². The van der Waals surface area contributed by atoms with E-state index in [1.165, 1.54) is 0 Å². The number of benzene rings is 2. The molecule has 2 aromatic carbocycles. The van der Waals surface area contributed by atoms with Crippen LogP contribution in [0.4, 0.5) is 0 Å². The molecule has 0 atom stereocenters. The molecule has 6 nitrogen and oxygen atoms in total. The summed E-state index contributed by atoms with van der Waals surface area (Å²) in [5, 5.41) is 9.37. The number of ether oxygens (including phenoxy) is 1. The highest BCUT2D eigenvalue weighted by Gasteiger charge is 2.07. The molecule has 0 bridgehead atoms. The molecule has 0 aromatic heterocycles. The maximum atomic E-state index is 12.0. The Morgan fingerprint density at radius 1 is 1.07 bits per heavy atom. The average molecular weight is 496 g/mol. The molecule has 0 aliphatic heterocycles. The topological polar surface area (TPSA) is 74.8 Å². The van der Waals surface area contributed by atoms with Gasteiger partial charge in [0.1, 0.15) is 5.75 Å². The summed E-state index contributed by atoms with van der Waals surface area (Å²) >= 11 is 0. The maximum Gasteiger partial charge on any atom is 0.251 e. The summed E-state index contributed by atoms with van der Waals surface area (Å²) in [6.45, 7) is 5.72. The number of nitrogens with one attached hydrogen (secondary N) is 3. The van der Waals surface area contributed by atoms with E-state index in [-0.39, 0.29) is 29.9 Å². The first-order valence-corrected chi connectivity index (χ1v) is 9.02. The van der Waals surface area contributed by atoms with Crippen LogP contribution >= 0.6 is 24.0 Å². The summed E-state index contributed by atoms with van der Waals surface area (Å²) in [7, 11) is 3.40. The predicted octanol–water partition coefficient (Wildman–Crippen LogP) is 3.24. The number of aliphatic imine (C=N–C) groups is 1. The lowest BCUT2D eigenvalue weighted by Gasteiger charge is -2.14. The summed E-state index contributed by atoms with van der Waals surface area (Å²) in [5.41, 5.74) is 3.88. The SMILES string of the molecule is CCNC(=O)c1cccc(CNC(=NC)NCc2ccc(C)cc2OC)c1.I. The molecule has 0 saturated heterocycles. The second kappa shape index (κ2) is 12.2. The first kappa shape index (κ1) is 23.7. The Hall–Kier alpha value is -2.29. The van der Waals surface area contributed by atoms with Crippen molar-refractivity contribution >= 4 is 35.8 Å². The first-order valence-electron chi connectivity index (χ1n) is 9.02. The number of halogens is 1. The fourth-order valence-corrected chi connectivity index (χ4v) is 2.67. The Labute approximate surface area is 184 Å². The van der Waals surface area contributed by atoms with Gasteiger partial charge in [-0.1, -0.05) is 24.3 Å². The van der Waals surface area contributed by atoms with Crippen LogP contribution in [-0.2, 0) is 13.1 Å². The van der Waals surface area contributed by atoms with E-state index in [0.29, 0.717) is 31.2 Å². The molecule has 0 saturated carbocycles. The summed E-state index contributed by atoms with van der Waals surface area (Å²) in [6, 6.07) is 13.7. The van der Waals surface area contributed by atoms with Gasteiger partial charge < -0.3 is 20.7 Å². The summed E-state index contributed by atoms with van der Waals surface area (Å²) in [6.07, 6.45) is 0. The zero-order valence-electron chi connectivity index (χ0n) is 16.8. The monoisotopic (exact) mass is 496 g/mol. The maximum absolute atomic E-state index is 12.0. The minimum Gasteiger partial charge on any atom is -0.496 e. The summed E-state index contributed by atoms with van der Waals surface area (Å²) in [5.74, 6) is 1.47. The van der Waals surface area contributed by atoms with E-state index < -0.39 is 0 Å². The van der Waals surface area contributed by atoms with Crippen LogP contribution in [0.1, 0.15) is 34.0 Å². The molecule has 3 N–H and O–H groups in total. The van der Waals surface area contributed by atoms with Gasteiger partial charge in [0.2, 0.25) is 0 Å². The van der Waals surface area contributed by atoms with Crippen LogP contribution < -0.4 is 20.7 Å². The first-order chi connectivity index (χ1) is 13.1. The molecule has 0 spiro atoms. The van der Waals surface area contributed by atoms with E-state index in [9.17, 15) is 4.79 Å². The zero-order valence-corrected chi connectivity index (χ0v) is 19.2. The highest BCUT2D eigenvalue weighted by atomic mass is 127. The van der Waals surface area contributed by atoms with Gasteiger partial charge in [-0.2, -0.15) is 0 Å². The normalized spacial score (nSPS) is 10.6. The lowest BCUT2D eigenvalue weighted by molar-refractivity contribution is 0.0955. The van der Waals surface area contributed by atoms with Crippen LogP contribution in [0.15, 0.2) is 47.5 Å². The van der Waals surface area contributed by atoms with Crippen molar-refractivity contribution in [2.45, 2.75) is 26.9 Å². The lowest BCUT2D eigenvalue weighted by atomic mass is 10.1. The van der Waals surface area contributed by atoms with Gasteiger partial charge in [0.25, 0.3) is 5.91 Å². The van der Waals surface area contributed by atoms with Crippen LogP contribution in [-0.4, -0.2) is 32.6 Å². The minimum atomic E-state index is -0.0617. The standard InChI is InChI=1S/C21H28N4O2.HI/c1-5-23-20(26)17-8-6-7-16(12-17)13-24-21(22-3)25-14-18-10-9-15(2)11-19(18)27-4;/h6-12H,5,13-14H2,1-4H3,(H,23,26)(H2,22,24,25);1H. The number of carbonyl (C=O) groups excluding carboxylic acids is 1. The van der Waals surface area contributed by atoms with Crippen LogP contribution in [0.3, 0.4) is 0 Å². The van der Waals surface area contributed by atoms with Gasteiger partial charge in [0.05, 0.1) is 7.11 Å². The van der Waals surface area contributed by atoms with Gasteiger partial charge in [-0.15, -0.1) is 24.0 Å². The van der Waals surface area contributed by atoms with Gasteiger partial charge in [-0.3, -0.25) is 9.79 Å². The smallest absolute Gasteiger partial charge is 0.251 e.